The van der Waals surface area contributed by atoms with Crippen LogP contribution in [0.2, 0.25) is 0 Å². The average Bonchev–Trinajstić information content (AvgIpc) is 3.21. The SMILES string of the molecule is O=C(O)c1cccc(CN2CN(c3ccccc3)C3(CCC(CCCCCc4ccccc4)CC3)C2=O)c1. The van der Waals surface area contributed by atoms with E-state index >= 15 is 0 Å². The predicted octanol–water partition coefficient (Wildman–Crippen LogP) is 6.92. The summed E-state index contributed by atoms with van der Waals surface area (Å²) in [5.74, 6) is -0.0761. The highest BCUT2D eigenvalue weighted by Gasteiger charge is 2.53. The fourth-order valence-corrected chi connectivity index (χ4v) is 6.37. The lowest BCUT2D eigenvalue weighted by atomic mass is 9.74. The number of aryl methyl sites for hydroxylation is 1. The number of hydrogen-bond acceptors (Lipinski definition) is 3. The summed E-state index contributed by atoms with van der Waals surface area (Å²) in [4.78, 5) is 29.7. The van der Waals surface area contributed by atoms with Crippen LogP contribution in [0.1, 0.15) is 72.9 Å². The number of carboxylic acid groups (broad SMARTS) is 1. The van der Waals surface area contributed by atoms with Crippen LogP contribution in [0.3, 0.4) is 0 Å². The van der Waals surface area contributed by atoms with E-state index in [4.69, 9.17) is 0 Å². The molecule has 0 atom stereocenters. The molecule has 0 radical (unpaired) electrons. The maximum Gasteiger partial charge on any atom is 0.335 e. The van der Waals surface area contributed by atoms with Crippen molar-refractivity contribution in [2.24, 2.45) is 5.92 Å². The highest BCUT2D eigenvalue weighted by molar-refractivity contribution is 5.93. The van der Waals surface area contributed by atoms with E-state index in [1.165, 1.54) is 31.2 Å². The molecule has 3 aromatic carbocycles. The van der Waals surface area contributed by atoms with Crippen molar-refractivity contribution in [3.05, 3.63) is 102 Å². The molecule has 0 unspecified atom stereocenters. The minimum Gasteiger partial charge on any atom is -0.478 e. The zero-order chi connectivity index (χ0) is 26.4. The average molecular weight is 511 g/mol. The van der Waals surface area contributed by atoms with Gasteiger partial charge in [-0.2, -0.15) is 0 Å². The number of para-hydroxylation sites is 1. The molecular weight excluding hydrogens is 472 g/mol. The monoisotopic (exact) mass is 510 g/mol. The fourth-order valence-electron chi connectivity index (χ4n) is 6.37. The predicted molar refractivity (Wildman–Crippen MR) is 151 cm³/mol. The maximum absolute atomic E-state index is 14.0. The number of nitrogens with zero attached hydrogens (tertiary/aromatic N) is 2. The summed E-state index contributed by atoms with van der Waals surface area (Å²) in [7, 11) is 0. The van der Waals surface area contributed by atoms with Crippen LogP contribution in [-0.2, 0) is 17.8 Å². The lowest BCUT2D eigenvalue weighted by Crippen LogP contribution is -2.51. The van der Waals surface area contributed by atoms with Crippen molar-refractivity contribution in [3.8, 4) is 0 Å². The first kappa shape index (κ1) is 26.0. The van der Waals surface area contributed by atoms with E-state index in [0.29, 0.717) is 19.1 Å². The quantitative estimate of drug-likeness (QED) is 0.301. The number of carboxylic acids is 1. The van der Waals surface area contributed by atoms with Gasteiger partial charge in [0.15, 0.2) is 0 Å². The second-order valence-electron chi connectivity index (χ2n) is 11.0. The molecule has 38 heavy (non-hydrogen) atoms. The first-order valence-electron chi connectivity index (χ1n) is 14.0. The Labute approximate surface area is 226 Å². The second-order valence-corrected chi connectivity index (χ2v) is 11.0. The first-order chi connectivity index (χ1) is 18.5. The molecule has 0 bridgehead atoms. The molecule has 1 saturated carbocycles. The number of hydrogen-bond donors (Lipinski definition) is 1. The molecule has 1 heterocycles. The van der Waals surface area contributed by atoms with Gasteiger partial charge in [-0.25, -0.2) is 4.79 Å². The van der Waals surface area contributed by atoms with Crippen LogP contribution >= 0.6 is 0 Å². The Balaban J connectivity index is 1.22. The standard InChI is InChI=1S/C33H38N2O3/c36-31(37)29-16-10-15-28(23-29)24-34-25-35(30-17-8-3-9-18-30)33(32(34)38)21-19-27(20-22-33)14-7-2-6-13-26-11-4-1-5-12-26/h1,3-5,8-12,15-18,23,27H,2,6-7,13-14,19-22,24-25H2,(H,36,37). The summed E-state index contributed by atoms with van der Waals surface area (Å²) in [5, 5.41) is 9.39. The van der Waals surface area contributed by atoms with Gasteiger partial charge in [0.2, 0.25) is 5.91 Å². The summed E-state index contributed by atoms with van der Waals surface area (Å²) in [6, 6.07) is 28.0. The van der Waals surface area contributed by atoms with E-state index in [2.05, 4.69) is 47.4 Å². The fraction of sp³-hybridized carbons (Fsp3) is 0.394. The molecule has 5 heteroatoms. The number of unbranched alkanes of at least 4 members (excludes halogenated alkanes) is 2. The second kappa shape index (κ2) is 11.8. The van der Waals surface area contributed by atoms with E-state index in [1.54, 1.807) is 18.2 Å². The van der Waals surface area contributed by atoms with Gasteiger partial charge in [0, 0.05) is 12.2 Å². The molecule has 1 spiro atoms. The van der Waals surface area contributed by atoms with E-state index in [-0.39, 0.29) is 11.5 Å². The van der Waals surface area contributed by atoms with Gasteiger partial charge in [-0.1, -0.05) is 79.9 Å². The minimum absolute atomic E-state index is 0.184. The van der Waals surface area contributed by atoms with Crippen LogP contribution in [0.4, 0.5) is 5.69 Å². The molecular formula is C33H38N2O3. The van der Waals surface area contributed by atoms with Crippen molar-refractivity contribution >= 4 is 17.6 Å². The molecule has 198 valence electrons. The summed E-state index contributed by atoms with van der Waals surface area (Å²) < 4.78 is 0. The van der Waals surface area contributed by atoms with Crippen molar-refractivity contribution in [3.63, 3.8) is 0 Å². The van der Waals surface area contributed by atoms with Gasteiger partial charge in [-0.15, -0.1) is 0 Å². The van der Waals surface area contributed by atoms with Crippen LogP contribution in [0.25, 0.3) is 0 Å². The van der Waals surface area contributed by atoms with Crippen molar-refractivity contribution in [2.45, 2.75) is 69.9 Å². The van der Waals surface area contributed by atoms with Gasteiger partial charge in [0.1, 0.15) is 5.54 Å². The van der Waals surface area contributed by atoms with E-state index in [0.717, 1.165) is 43.4 Å². The number of carbonyl (C=O) groups excluding carboxylic acids is 1. The molecule has 1 aliphatic heterocycles. The molecule has 5 rings (SSSR count). The van der Waals surface area contributed by atoms with Crippen LogP contribution in [0.5, 0.6) is 0 Å². The lowest BCUT2D eigenvalue weighted by Gasteiger charge is -2.42. The molecule has 1 N–H and O–H groups in total. The van der Waals surface area contributed by atoms with E-state index < -0.39 is 11.5 Å². The first-order valence-corrected chi connectivity index (χ1v) is 14.0. The number of amides is 1. The molecule has 1 aliphatic carbocycles. The third-order valence-corrected chi connectivity index (χ3v) is 8.48. The largest absolute Gasteiger partial charge is 0.478 e. The maximum atomic E-state index is 14.0. The zero-order valence-corrected chi connectivity index (χ0v) is 22.1. The Morgan fingerprint density at radius 1 is 0.842 bits per heavy atom. The third-order valence-electron chi connectivity index (χ3n) is 8.48. The van der Waals surface area contributed by atoms with Crippen molar-refractivity contribution in [2.75, 3.05) is 11.6 Å². The zero-order valence-electron chi connectivity index (χ0n) is 22.1. The van der Waals surface area contributed by atoms with Gasteiger partial charge in [-0.05, 0) is 79.8 Å². The van der Waals surface area contributed by atoms with Crippen molar-refractivity contribution in [1.29, 1.82) is 0 Å². The molecule has 5 nitrogen and oxygen atoms in total. The Morgan fingerprint density at radius 2 is 1.53 bits per heavy atom. The number of rotatable bonds is 10. The number of anilines is 1. The summed E-state index contributed by atoms with van der Waals surface area (Å²) in [5.41, 5.74) is 3.12. The number of benzene rings is 3. The lowest BCUT2D eigenvalue weighted by molar-refractivity contribution is -0.133. The molecule has 1 saturated heterocycles. The molecule has 0 aromatic heterocycles. The molecule has 2 aliphatic rings. The van der Waals surface area contributed by atoms with E-state index in [9.17, 15) is 14.7 Å². The summed E-state index contributed by atoms with van der Waals surface area (Å²) in [6.07, 6.45) is 10.1. The Morgan fingerprint density at radius 3 is 2.24 bits per heavy atom. The van der Waals surface area contributed by atoms with Crippen LogP contribution in [0.15, 0.2) is 84.9 Å². The van der Waals surface area contributed by atoms with Gasteiger partial charge in [0.05, 0.1) is 12.2 Å². The third kappa shape index (κ3) is 5.77. The molecule has 3 aromatic rings. The topological polar surface area (TPSA) is 60.9 Å². The molecule has 2 fully saturated rings. The minimum atomic E-state index is -0.944. The van der Waals surface area contributed by atoms with Crippen LogP contribution in [-0.4, -0.2) is 34.1 Å². The van der Waals surface area contributed by atoms with Crippen LogP contribution < -0.4 is 4.90 Å². The number of carbonyl (C=O) groups is 2. The van der Waals surface area contributed by atoms with Gasteiger partial charge in [0.25, 0.3) is 0 Å². The van der Waals surface area contributed by atoms with Crippen molar-refractivity contribution in [1.82, 2.24) is 4.90 Å². The van der Waals surface area contributed by atoms with Gasteiger partial charge in [-0.3, -0.25) is 4.79 Å². The number of aromatic carboxylic acids is 1. The van der Waals surface area contributed by atoms with Crippen molar-refractivity contribution < 1.29 is 14.7 Å². The molecule has 1 amide bonds. The Kier molecular flexibility index (Phi) is 8.11. The van der Waals surface area contributed by atoms with E-state index in [1.807, 2.05) is 29.2 Å². The Hall–Kier alpha value is -3.60. The summed E-state index contributed by atoms with van der Waals surface area (Å²) >= 11 is 0. The highest BCUT2D eigenvalue weighted by atomic mass is 16.4. The highest BCUT2D eigenvalue weighted by Crippen LogP contribution is 2.45. The summed E-state index contributed by atoms with van der Waals surface area (Å²) in [6.45, 7) is 0.959. The van der Waals surface area contributed by atoms with Gasteiger partial charge < -0.3 is 14.9 Å². The normalized spacial score (nSPS) is 21.3. The smallest absolute Gasteiger partial charge is 0.335 e. The van der Waals surface area contributed by atoms with Gasteiger partial charge >= 0.3 is 5.97 Å². The Bertz CT molecular complexity index is 1220. The van der Waals surface area contributed by atoms with Crippen LogP contribution in [0, 0.1) is 5.92 Å².